The highest BCUT2D eigenvalue weighted by molar-refractivity contribution is 6.33. The predicted molar refractivity (Wildman–Crippen MR) is 386 cm³/mol. The van der Waals surface area contributed by atoms with Crippen molar-refractivity contribution in [3.63, 3.8) is 0 Å². The van der Waals surface area contributed by atoms with Gasteiger partial charge in [-0.3, -0.25) is 33.6 Å². The average Bonchev–Trinajstić information content (AvgIpc) is 0.765. The maximum Gasteiger partial charge on any atom is 0.330 e. The van der Waals surface area contributed by atoms with E-state index < -0.39 is 217 Å². The van der Waals surface area contributed by atoms with Crippen LogP contribution < -0.4 is 61.5 Å². The number of amides is 7. The lowest BCUT2D eigenvalue weighted by atomic mass is 9.89. The first-order chi connectivity index (χ1) is 52.2. The summed E-state index contributed by atoms with van der Waals surface area (Å²) in [6, 6.07) is 6.55. The first-order valence-corrected chi connectivity index (χ1v) is 35.8. The lowest BCUT2D eigenvalue weighted by Crippen LogP contribution is -2.65. The lowest BCUT2D eigenvalue weighted by molar-refractivity contribution is -0.244. The molecular formula is C76H78Cl2N8O23. The number of phenolic OH excluding ortho intramolecular Hbond substituents is 5. The molecule has 7 aromatic rings. The number of likely N-dealkylation sites (N-methyl/N-ethyl adjacent to an activating group) is 1. The summed E-state index contributed by atoms with van der Waals surface area (Å²) in [6.07, 6.45) is -2.78. The van der Waals surface area contributed by atoms with Crippen LogP contribution in [-0.4, -0.2) is 155 Å². The van der Waals surface area contributed by atoms with Gasteiger partial charge in [0.2, 0.25) is 53.4 Å². The number of benzene rings is 7. The second-order valence-corrected chi connectivity index (χ2v) is 27.7. The van der Waals surface area contributed by atoms with Gasteiger partial charge in [0.25, 0.3) is 0 Å². The second kappa shape index (κ2) is 33.1. The number of carbonyl (C=O) groups is 8. The number of aliphatic hydroxyl groups excluding tert-OH is 4. The third kappa shape index (κ3) is 16.8. The van der Waals surface area contributed by atoms with Gasteiger partial charge in [0.1, 0.15) is 107 Å². The van der Waals surface area contributed by atoms with Crippen LogP contribution in [0.1, 0.15) is 140 Å². The van der Waals surface area contributed by atoms with Gasteiger partial charge in [-0.2, -0.15) is 0 Å². The number of ether oxygens (including phenoxy) is 5. The van der Waals surface area contributed by atoms with Crippen LogP contribution in [0.5, 0.6) is 69.0 Å². The molecule has 13 atom stereocenters. The highest BCUT2D eigenvalue weighted by Crippen LogP contribution is 2.50. The number of carboxylic acids is 1. The molecule has 0 aliphatic carbocycles. The number of phenols is 5. The van der Waals surface area contributed by atoms with E-state index in [0.717, 1.165) is 105 Å². The zero-order valence-corrected chi connectivity index (χ0v) is 59.8. The number of aromatic hydroxyl groups is 5. The van der Waals surface area contributed by atoms with Crippen molar-refractivity contribution in [1.82, 2.24) is 42.5 Å². The smallest absolute Gasteiger partial charge is 0.330 e. The fourth-order valence-corrected chi connectivity index (χ4v) is 14.2. The summed E-state index contributed by atoms with van der Waals surface area (Å²) in [4.78, 5) is 120. The van der Waals surface area contributed by atoms with Crippen molar-refractivity contribution in [3.8, 4) is 80.1 Å². The summed E-state index contributed by atoms with van der Waals surface area (Å²) >= 11 is 14.1. The van der Waals surface area contributed by atoms with Crippen LogP contribution in [-0.2, 0) is 49.5 Å². The molecule has 18 N–H and O–H groups in total. The lowest BCUT2D eigenvalue weighted by Gasteiger charge is -2.42. The summed E-state index contributed by atoms with van der Waals surface area (Å²) in [7, 11) is 1.45. The Kier molecular flexibility index (Phi) is 23.5. The van der Waals surface area contributed by atoms with Gasteiger partial charge < -0.3 is 117 Å². The third-order valence-corrected chi connectivity index (χ3v) is 20.1. The molecule has 109 heavy (non-hydrogen) atoms. The molecule has 0 spiro atoms. The minimum Gasteiger partial charge on any atom is -0.508 e. The van der Waals surface area contributed by atoms with Gasteiger partial charge >= 0.3 is 5.97 Å². The molecule has 14 rings (SSSR count). The maximum atomic E-state index is 16.4. The van der Waals surface area contributed by atoms with Gasteiger partial charge in [-0.05, 0) is 114 Å². The molecule has 0 radical (unpaired) electrons. The molecule has 1 saturated heterocycles. The van der Waals surface area contributed by atoms with Crippen LogP contribution in [0.2, 0.25) is 10.0 Å². The number of fused-ring (bicyclic) bond motifs is 14. The van der Waals surface area contributed by atoms with Gasteiger partial charge in [0.15, 0.2) is 29.0 Å². The molecular weight excluding hydrogens is 1460 g/mol. The molecule has 574 valence electrons. The van der Waals surface area contributed by atoms with Crippen molar-refractivity contribution in [3.05, 3.63) is 164 Å². The number of rotatable bonds is 15. The van der Waals surface area contributed by atoms with Gasteiger partial charge in [-0.1, -0.05) is 105 Å². The first-order valence-electron chi connectivity index (χ1n) is 35.0. The molecule has 7 aliphatic heterocycles. The number of hydrogen-bond donors (Lipinski definition) is 18. The Hall–Kier alpha value is -11.2. The number of aliphatic carboxylic acids is 1. The van der Waals surface area contributed by atoms with E-state index in [0.29, 0.717) is 18.4 Å². The molecule has 7 heterocycles. The standard InChI is InChI=1S/C76H78Cl2N8O23/c1-3-4-5-6-7-8-9-10-11-55(93)81-64-67(96)66(95)54(32-87)108-76(64)109-68-52-26-37-27-53(68)107-50-21-16-36(24-44(50)77)65(94)63-74(102)85-62(75(103)104)42-28-38(88)29-48(91)56(42)41-23-34(14-19-46(41)89)59(71(99)86-63)82-72(100)60(37)83-73(101)61-43-30-40(31-49(92)57(43)78)106-51-25-35(15-20-47(51)90)58(79-2)70(98)80-45(69(97)84-61)22-33-12-17-39(105-52)18-13-33/h12-21,23-31,45,54,58-67,76,79,87-92,94-96H,3-11,22,32H2,1-2H3,(H,80,98)(H,81,93)(H,82,100)(H,83,101)(H,84,97)(H,85,102)(H,86,99)(H,103,104)/t45-,54-,58-,59-,60-,61+,62-,63+,64-,65-,66-,67-,76+/m1/s1. The molecule has 33 heteroatoms. The quantitative estimate of drug-likeness (QED) is 0.0495. The fourth-order valence-electron chi connectivity index (χ4n) is 13.7. The van der Waals surface area contributed by atoms with Crippen LogP contribution in [0.4, 0.5) is 0 Å². The van der Waals surface area contributed by atoms with Crippen LogP contribution in [0.25, 0.3) is 11.1 Å². The Balaban J connectivity index is 1.09. The van der Waals surface area contributed by atoms with Crippen molar-refractivity contribution < 1.29 is 113 Å². The summed E-state index contributed by atoms with van der Waals surface area (Å²) in [5, 5.41) is 134. The molecule has 0 saturated carbocycles. The van der Waals surface area contributed by atoms with Crippen molar-refractivity contribution in [2.75, 3.05) is 13.7 Å². The van der Waals surface area contributed by atoms with E-state index in [1.54, 1.807) is 0 Å². The maximum absolute atomic E-state index is 16.4. The van der Waals surface area contributed by atoms with E-state index >= 15 is 19.2 Å². The minimum absolute atomic E-state index is 0.0523. The first kappa shape index (κ1) is 77.5. The number of hydrogen-bond acceptors (Lipinski definition) is 23. The topological polar surface area (TPSA) is 481 Å². The van der Waals surface area contributed by atoms with Crippen molar-refractivity contribution in [2.24, 2.45) is 0 Å². The average molecular weight is 1540 g/mol. The van der Waals surface area contributed by atoms with E-state index in [2.05, 4.69) is 49.5 Å². The van der Waals surface area contributed by atoms with Crippen LogP contribution >= 0.6 is 23.2 Å². The molecule has 1 fully saturated rings. The van der Waals surface area contributed by atoms with E-state index in [-0.39, 0.29) is 52.5 Å². The number of unbranched alkanes of at least 4 members (excludes halogenated alkanes) is 7. The monoisotopic (exact) mass is 1540 g/mol. The number of aliphatic hydroxyl groups is 4. The second-order valence-electron chi connectivity index (χ2n) is 26.9. The highest BCUT2D eigenvalue weighted by atomic mass is 35.5. The van der Waals surface area contributed by atoms with Crippen molar-refractivity contribution in [2.45, 2.75) is 150 Å². The Bertz CT molecular complexity index is 4700. The summed E-state index contributed by atoms with van der Waals surface area (Å²) in [5.41, 5.74) is -2.43. The van der Waals surface area contributed by atoms with E-state index in [4.69, 9.17) is 46.9 Å². The van der Waals surface area contributed by atoms with Crippen molar-refractivity contribution >= 4 is 70.5 Å². The zero-order valence-electron chi connectivity index (χ0n) is 58.3. The van der Waals surface area contributed by atoms with Gasteiger partial charge in [0.05, 0.1) is 16.7 Å². The fraction of sp³-hybridized carbons (Fsp3) is 0.342. The van der Waals surface area contributed by atoms with E-state index in [1.165, 1.54) is 55.6 Å². The molecule has 31 nitrogen and oxygen atoms in total. The SMILES string of the molecule is CCCCCCCCCCC(=O)N[C@H]1[C@H](Oc2c3cc4cc2Oc2ccc(cc2Cl)[C@@H](O)[C@@H]2NC(=O)[C@H](NC(=O)[C@@H]4NC(=O)[C@H]4NC(=O)[C@@H](Cc5ccc(cc5)O3)NC(=O)[C@H](NC)c3ccc(O)c(c3)Oc3cc(O)c(Cl)c4c3)c3ccc(O)c(c3)-c3c(O)cc(O)cc3[C@H](C(=O)O)NC2=O)O[C@H](CO)[C@@H](O)[C@@H]1O. The largest absolute Gasteiger partial charge is 0.508 e. The van der Waals surface area contributed by atoms with Gasteiger partial charge in [-0.15, -0.1) is 0 Å². The normalized spacial score (nSPS) is 24.0. The number of carboxylic acid groups (broad SMARTS) is 1. The predicted octanol–water partition coefficient (Wildman–Crippen LogP) is 6.37. The third-order valence-electron chi connectivity index (χ3n) is 19.4. The van der Waals surface area contributed by atoms with E-state index in [9.17, 15) is 70.2 Å². The summed E-state index contributed by atoms with van der Waals surface area (Å²) in [6.45, 7) is 1.19. The highest BCUT2D eigenvalue weighted by Gasteiger charge is 2.48. The molecule has 7 amide bonds. The Morgan fingerprint density at radius 1 is 0.560 bits per heavy atom. The van der Waals surface area contributed by atoms with Crippen LogP contribution in [0.15, 0.2) is 115 Å². The van der Waals surface area contributed by atoms with Crippen LogP contribution in [0.3, 0.4) is 0 Å². The van der Waals surface area contributed by atoms with Crippen LogP contribution in [0, 0.1) is 0 Å². The Morgan fingerprint density at radius 2 is 1.19 bits per heavy atom. The molecule has 17 bridgehead atoms. The summed E-state index contributed by atoms with van der Waals surface area (Å²) < 4.78 is 32.5. The molecule has 7 aromatic carbocycles. The Morgan fingerprint density at radius 3 is 1.89 bits per heavy atom. The summed E-state index contributed by atoms with van der Waals surface area (Å²) in [5.74, 6) is -16.0. The van der Waals surface area contributed by atoms with Crippen molar-refractivity contribution in [1.29, 1.82) is 0 Å². The minimum atomic E-state index is -2.33. The number of halogens is 2. The van der Waals surface area contributed by atoms with E-state index in [1.807, 2.05) is 0 Å². The number of carbonyl (C=O) groups excluding carboxylic acids is 7. The molecule has 0 aromatic heterocycles. The zero-order chi connectivity index (χ0) is 77.8. The van der Waals surface area contributed by atoms with Gasteiger partial charge in [-0.25, -0.2) is 4.79 Å². The van der Waals surface area contributed by atoms with Gasteiger partial charge in [0, 0.05) is 47.2 Å². The molecule has 0 unspecified atom stereocenters. The molecule has 7 aliphatic rings. The Labute approximate surface area is 631 Å². The number of nitrogens with one attached hydrogen (secondary N) is 8.